The molecule has 0 saturated heterocycles. The van der Waals surface area contributed by atoms with Crippen LogP contribution in [0.4, 0.5) is 17.1 Å². The van der Waals surface area contributed by atoms with Crippen LogP contribution >= 0.6 is 0 Å². The summed E-state index contributed by atoms with van der Waals surface area (Å²) in [7, 11) is 0. The lowest BCUT2D eigenvalue weighted by Crippen LogP contribution is -2.37. The molecule has 9 aromatic carbocycles. The second-order valence-corrected chi connectivity index (χ2v) is 15.2. The summed E-state index contributed by atoms with van der Waals surface area (Å²) in [5.41, 5.74) is 13.1. The average Bonchev–Trinajstić information content (AvgIpc) is 3.60. The first-order valence-corrected chi connectivity index (χ1v) is 19.9. The molecule has 4 nitrogen and oxygen atoms in total. The van der Waals surface area contributed by atoms with Crippen LogP contribution in [0, 0.1) is 0 Å². The predicted octanol–water partition coefficient (Wildman–Crippen LogP) is 13.4. The zero-order chi connectivity index (χ0) is 38.2. The van der Waals surface area contributed by atoms with E-state index < -0.39 is 11.6 Å². The first-order valence-electron chi connectivity index (χ1n) is 19.9. The van der Waals surface area contributed by atoms with Crippen molar-refractivity contribution in [1.29, 1.82) is 0 Å². The molecule has 2 aliphatic heterocycles. The highest BCUT2D eigenvalue weighted by Gasteiger charge is 2.52. The summed E-state index contributed by atoms with van der Waals surface area (Å²) in [6.07, 6.45) is -0.511. The molecule has 0 bridgehead atoms. The molecule has 0 N–H and O–H groups in total. The van der Waals surface area contributed by atoms with Crippen LogP contribution in [0.2, 0.25) is 0 Å². The van der Waals surface area contributed by atoms with Crippen LogP contribution in [0.15, 0.2) is 216 Å². The van der Waals surface area contributed by atoms with Crippen LogP contribution in [0.1, 0.15) is 45.1 Å². The fourth-order valence-corrected chi connectivity index (χ4v) is 9.92. The van der Waals surface area contributed by atoms with Crippen molar-refractivity contribution < 1.29 is 0 Å². The van der Waals surface area contributed by atoms with Gasteiger partial charge in [0.2, 0.25) is 0 Å². The Morgan fingerprint density at radius 1 is 0.431 bits per heavy atom. The molecule has 272 valence electrons. The zero-order valence-electron chi connectivity index (χ0n) is 31.5. The van der Waals surface area contributed by atoms with Gasteiger partial charge in [-0.2, -0.15) is 0 Å². The first-order chi connectivity index (χ1) is 28.8. The van der Waals surface area contributed by atoms with Crippen molar-refractivity contribution in [3.63, 3.8) is 0 Å². The minimum Gasteiger partial charge on any atom is -0.438 e. The zero-order valence-corrected chi connectivity index (χ0v) is 31.5. The summed E-state index contributed by atoms with van der Waals surface area (Å²) >= 11 is 0. The number of rotatable bonds is 4. The Balaban J connectivity index is 1.17. The third-order valence-electron chi connectivity index (χ3n) is 12.2. The van der Waals surface area contributed by atoms with Crippen molar-refractivity contribution in [1.82, 2.24) is 0 Å². The fourth-order valence-electron chi connectivity index (χ4n) is 9.92. The third kappa shape index (κ3) is 4.63. The first kappa shape index (κ1) is 32.7. The Hall–Kier alpha value is -7.56. The average molecular weight is 740 g/mol. The number of hydrogen-bond donors (Lipinski definition) is 0. The van der Waals surface area contributed by atoms with E-state index in [1.165, 1.54) is 33.4 Å². The SMILES string of the molecule is c1ccc(N2c3ccccc3C3(c4ccccc4-c4cccc(C5=NC(c6cccc7ccccc67)[N-]C(c6cccc7ccccc67)=N5)c43)c3ccccc32)cc1. The second-order valence-electron chi connectivity index (χ2n) is 15.2. The highest BCUT2D eigenvalue weighted by atomic mass is 15.2. The molecule has 2 heterocycles. The fraction of sp³-hybridized carbons (Fsp3) is 0.0370. The highest BCUT2D eigenvalue weighted by Crippen LogP contribution is 2.64. The van der Waals surface area contributed by atoms with Crippen molar-refractivity contribution in [2.45, 2.75) is 11.6 Å². The van der Waals surface area contributed by atoms with E-state index >= 15 is 0 Å². The molecule has 0 fully saturated rings. The second kappa shape index (κ2) is 12.7. The van der Waals surface area contributed by atoms with Crippen LogP contribution in [0.25, 0.3) is 38.0 Å². The largest absolute Gasteiger partial charge is 0.438 e. The molecule has 4 heteroatoms. The van der Waals surface area contributed by atoms with Crippen LogP contribution in [0.3, 0.4) is 0 Å². The molecule has 0 amide bonds. The maximum atomic E-state index is 5.57. The lowest BCUT2D eigenvalue weighted by Gasteiger charge is -2.45. The number of hydrogen-bond acceptors (Lipinski definition) is 3. The topological polar surface area (TPSA) is 42.1 Å². The summed E-state index contributed by atoms with van der Waals surface area (Å²) in [4.78, 5) is 13.5. The monoisotopic (exact) mass is 739 g/mol. The van der Waals surface area contributed by atoms with E-state index in [9.17, 15) is 0 Å². The van der Waals surface area contributed by atoms with Crippen LogP contribution < -0.4 is 4.90 Å². The Kier molecular flexibility index (Phi) is 7.17. The Labute approximate surface area is 337 Å². The molecule has 1 spiro atoms. The van der Waals surface area contributed by atoms with Gasteiger partial charge >= 0.3 is 0 Å². The lowest BCUT2D eigenvalue weighted by molar-refractivity contribution is 0.750. The van der Waals surface area contributed by atoms with Gasteiger partial charge in [0.15, 0.2) is 0 Å². The lowest BCUT2D eigenvalue weighted by atomic mass is 9.63. The number of fused-ring (bicyclic) bond motifs is 11. The van der Waals surface area contributed by atoms with Crippen molar-refractivity contribution >= 4 is 50.3 Å². The quantitative estimate of drug-likeness (QED) is 0.177. The highest BCUT2D eigenvalue weighted by molar-refractivity contribution is 6.24. The van der Waals surface area contributed by atoms with Gasteiger partial charge in [-0.3, -0.25) is 4.99 Å². The Morgan fingerprint density at radius 3 is 1.74 bits per heavy atom. The minimum absolute atomic E-state index is 0.511. The molecule has 1 atom stereocenters. The van der Waals surface area contributed by atoms with Crippen molar-refractivity contribution in [2.24, 2.45) is 9.98 Å². The maximum absolute atomic E-state index is 5.57. The third-order valence-corrected chi connectivity index (χ3v) is 12.2. The number of anilines is 3. The molecule has 9 aromatic rings. The summed E-state index contributed by atoms with van der Waals surface area (Å²) in [5, 5.41) is 9.97. The number of para-hydroxylation sites is 3. The molecule has 3 aliphatic rings. The Bertz CT molecular complexity index is 3120. The molecule has 1 aliphatic carbocycles. The maximum Gasteiger partial charge on any atom is 0.0828 e. The summed E-state index contributed by atoms with van der Waals surface area (Å²) in [6.45, 7) is 0. The molecular weight excluding hydrogens is 705 g/mol. The van der Waals surface area contributed by atoms with Crippen LogP contribution in [-0.4, -0.2) is 11.7 Å². The van der Waals surface area contributed by atoms with Gasteiger partial charge in [-0.25, -0.2) is 0 Å². The normalized spacial score (nSPS) is 15.9. The van der Waals surface area contributed by atoms with Crippen molar-refractivity contribution in [2.75, 3.05) is 4.90 Å². The van der Waals surface area contributed by atoms with Gasteiger partial charge in [0.1, 0.15) is 0 Å². The van der Waals surface area contributed by atoms with Crippen molar-refractivity contribution in [3.8, 4) is 11.1 Å². The molecule has 1 unspecified atom stereocenters. The van der Waals surface area contributed by atoms with Gasteiger partial charge in [0.25, 0.3) is 0 Å². The van der Waals surface area contributed by atoms with Crippen molar-refractivity contribution in [3.05, 3.63) is 251 Å². The number of aliphatic imine (C=N–C) groups is 2. The number of nitrogens with zero attached hydrogens (tertiary/aromatic N) is 4. The number of amidine groups is 2. The van der Waals surface area contributed by atoms with E-state index in [2.05, 4.69) is 211 Å². The van der Waals surface area contributed by atoms with E-state index in [4.69, 9.17) is 15.3 Å². The van der Waals surface area contributed by atoms with Gasteiger partial charge in [-0.05, 0) is 90.3 Å². The molecule has 58 heavy (non-hydrogen) atoms. The van der Waals surface area contributed by atoms with Gasteiger partial charge in [-0.1, -0.05) is 188 Å². The van der Waals surface area contributed by atoms with E-state index in [0.29, 0.717) is 11.7 Å². The minimum atomic E-state index is -0.665. The van der Waals surface area contributed by atoms with E-state index in [0.717, 1.165) is 55.3 Å². The van der Waals surface area contributed by atoms with Gasteiger partial charge < -0.3 is 15.2 Å². The predicted molar refractivity (Wildman–Crippen MR) is 239 cm³/mol. The molecular formula is C54H35N4-. The van der Waals surface area contributed by atoms with Gasteiger partial charge in [0.05, 0.1) is 28.8 Å². The summed E-state index contributed by atoms with van der Waals surface area (Å²) < 4.78 is 0. The van der Waals surface area contributed by atoms with E-state index in [1.807, 2.05) is 0 Å². The summed E-state index contributed by atoms with van der Waals surface area (Å²) in [6, 6.07) is 74.1. The molecule has 12 rings (SSSR count). The van der Waals surface area contributed by atoms with Crippen LogP contribution in [0.5, 0.6) is 0 Å². The number of benzene rings is 9. The molecule has 0 saturated carbocycles. The van der Waals surface area contributed by atoms with E-state index in [1.54, 1.807) is 0 Å². The summed E-state index contributed by atoms with van der Waals surface area (Å²) in [5.74, 6) is 1.36. The smallest absolute Gasteiger partial charge is 0.0828 e. The van der Waals surface area contributed by atoms with Gasteiger partial charge in [-0.15, -0.1) is 0 Å². The molecule has 0 aromatic heterocycles. The van der Waals surface area contributed by atoms with Crippen LogP contribution in [-0.2, 0) is 5.41 Å². The van der Waals surface area contributed by atoms with E-state index in [-0.39, 0.29) is 0 Å². The van der Waals surface area contributed by atoms with Gasteiger partial charge in [0, 0.05) is 11.3 Å². The molecule has 0 radical (unpaired) electrons. The standard InChI is InChI=1S/C54H35N4/c1-2-21-37(22-3-1)58-48-33-12-10-31-46(48)54(47-32-11-13-34-49(47)58)45-30-9-8-25-40(45)41-26-16-29-44(50(41)54)53-56-51(42-27-14-19-35-17-4-6-23-38(35)42)55-52(57-53)43-28-15-20-36-18-5-7-24-39(36)43/h1-34,51H/q-1. The Morgan fingerprint density at radius 2 is 0.966 bits per heavy atom.